The maximum Gasteiger partial charge on any atom is 0.223 e. The summed E-state index contributed by atoms with van der Waals surface area (Å²) in [4.78, 5) is 4.03. The van der Waals surface area contributed by atoms with E-state index in [1.807, 2.05) is 19.9 Å². The Hall–Kier alpha value is -1.65. The molecular formula is C16H18ClFN2O. The molecule has 0 spiro atoms. The highest BCUT2D eigenvalue weighted by molar-refractivity contribution is 6.31. The standard InChI is InChI=1S/C16H18ClFN2O/c1-3-11-8-14(5-6-15(11)17)21-16-12(9-19-4-2)7-13(18)10-20-16/h5-8,10,19H,3-4,9H2,1-2H3. The van der Waals surface area contributed by atoms with Gasteiger partial charge in [-0.25, -0.2) is 9.37 Å². The van der Waals surface area contributed by atoms with Gasteiger partial charge in [0.1, 0.15) is 11.6 Å². The zero-order valence-corrected chi connectivity index (χ0v) is 12.9. The van der Waals surface area contributed by atoms with Crippen molar-refractivity contribution in [1.29, 1.82) is 0 Å². The van der Waals surface area contributed by atoms with Crippen LogP contribution in [0.1, 0.15) is 25.0 Å². The molecule has 5 heteroatoms. The molecule has 0 bridgehead atoms. The summed E-state index contributed by atoms with van der Waals surface area (Å²) in [5.41, 5.74) is 1.69. The fraction of sp³-hybridized carbons (Fsp3) is 0.312. The van der Waals surface area contributed by atoms with E-state index >= 15 is 0 Å². The van der Waals surface area contributed by atoms with Crippen LogP contribution in [0.4, 0.5) is 4.39 Å². The number of pyridine rings is 1. The summed E-state index contributed by atoms with van der Waals surface area (Å²) < 4.78 is 19.1. The molecule has 0 amide bonds. The van der Waals surface area contributed by atoms with Gasteiger partial charge in [-0.05, 0) is 42.8 Å². The van der Waals surface area contributed by atoms with Crippen LogP contribution in [0.25, 0.3) is 0 Å². The molecule has 0 saturated carbocycles. The van der Waals surface area contributed by atoms with Gasteiger partial charge in [-0.1, -0.05) is 25.4 Å². The number of nitrogens with one attached hydrogen (secondary N) is 1. The summed E-state index contributed by atoms with van der Waals surface area (Å²) in [7, 11) is 0. The average molecular weight is 309 g/mol. The number of halogens is 2. The molecule has 0 fully saturated rings. The second kappa shape index (κ2) is 7.38. The Morgan fingerprint density at radius 2 is 2.05 bits per heavy atom. The molecule has 0 aliphatic carbocycles. The number of benzene rings is 1. The zero-order chi connectivity index (χ0) is 15.2. The van der Waals surface area contributed by atoms with Crippen molar-refractivity contribution in [1.82, 2.24) is 10.3 Å². The number of ether oxygens (including phenoxy) is 1. The normalized spacial score (nSPS) is 10.7. The Morgan fingerprint density at radius 1 is 1.24 bits per heavy atom. The van der Waals surface area contributed by atoms with Gasteiger partial charge in [0.15, 0.2) is 0 Å². The van der Waals surface area contributed by atoms with Gasteiger partial charge in [-0.2, -0.15) is 0 Å². The molecule has 0 atom stereocenters. The zero-order valence-electron chi connectivity index (χ0n) is 12.1. The van der Waals surface area contributed by atoms with Crippen LogP contribution in [-0.2, 0) is 13.0 Å². The summed E-state index contributed by atoms with van der Waals surface area (Å²) in [6.07, 6.45) is 1.97. The average Bonchev–Trinajstić information content (AvgIpc) is 2.49. The van der Waals surface area contributed by atoms with Crippen LogP contribution in [0, 0.1) is 5.82 Å². The largest absolute Gasteiger partial charge is 0.439 e. The van der Waals surface area contributed by atoms with E-state index < -0.39 is 0 Å². The highest BCUT2D eigenvalue weighted by Crippen LogP contribution is 2.27. The number of nitrogens with zero attached hydrogens (tertiary/aromatic N) is 1. The van der Waals surface area contributed by atoms with Crippen molar-refractivity contribution in [3.63, 3.8) is 0 Å². The third kappa shape index (κ3) is 4.16. The van der Waals surface area contributed by atoms with E-state index in [0.29, 0.717) is 28.8 Å². The lowest BCUT2D eigenvalue weighted by Crippen LogP contribution is -2.13. The van der Waals surface area contributed by atoms with Crippen LogP contribution in [0.3, 0.4) is 0 Å². The molecule has 2 rings (SSSR count). The maximum atomic E-state index is 13.3. The van der Waals surface area contributed by atoms with Gasteiger partial charge >= 0.3 is 0 Å². The van der Waals surface area contributed by atoms with E-state index in [9.17, 15) is 4.39 Å². The number of aromatic nitrogens is 1. The monoisotopic (exact) mass is 308 g/mol. The van der Waals surface area contributed by atoms with Gasteiger partial charge in [0.2, 0.25) is 5.88 Å². The molecule has 2 aromatic rings. The highest BCUT2D eigenvalue weighted by atomic mass is 35.5. The molecule has 1 aromatic carbocycles. The van der Waals surface area contributed by atoms with Crippen LogP contribution in [0.15, 0.2) is 30.5 Å². The van der Waals surface area contributed by atoms with Crippen molar-refractivity contribution in [2.24, 2.45) is 0 Å². The smallest absolute Gasteiger partial charge is 0.223 e. The molecule has 1 heterocycles. The molecule has 0 saturated heterocycles. The summed E-state index contributed by atoms with van der Waals surface area (Å²) in [6.45, 7) is 5.30. The molecule has 1 aromatic heterocycles. The third-order valence-corrected chi connectivity index (χ3v) is 3.44. The van der Waals surface area contributed by atoms with Crippen LogP contribution >= 0.6 is 11.6 Å². The van der Waals surface area contributed by atoms with Gasteiger partial charge in [-0.3, -0.25) is 0 Å². The second-order valence-electron chi connectivity index (χ2n) is 4.61. The van der Waals surface area contributed by atoms with Crippen molar-refractivity contribution < 1.29 is 9.13 Å². The molecule has 21 heavy (non-hydrogen) atoms. The number of rotatable bonds is 6. The Kier molecular flexibility index (Phi) is 5.53. The van der Waals surface area contributed by atoms with E-state index in [1.165, 1.54) is 6.07 Å². The second-order valence-corrected chi connectivity index (χ2v) is 5.01. The van der Waals surface area contributed by atoms with Gasteiger partial charge in [0, 0.05) is 17.1 Å². The minimum absolute atomic E-state index is 0.374. The summed E-state index contributed by atoms with van der Waals surface area (Å²) >= 11 is 6.09. The Bertz CT molecular complexity index is 619. The van der Waals surface area contributed by atoms with Gasteiger partial charge in [0.25, 0.3) is 0 Å². The van der Waals surface area contributed by atoms with E-state index in [2.05, 4.69) is 10.3 Å². The van der Waals surface area contributed by atoms with Gasteiger partial charge < -0.3 is 10.1 Å². The summed E-state index contributed by atoms with van der Waals surface area (Å²) in [5, 5.41) is 3.85. The quantitative estimate of drug-likeness (QED) is 0.862. The predicted octanol–water partition coefficient (Wildman–Crippen LogP) is 4.34. The van der Waals surface area contributed by atoms with Gasteiger partial charge in [0.05, 0.1) is 6.20 Å². The van der Waals surface area contributed by atoms with Crippen molar-refractivity contribution >= 4 is 11.6 Å². The number of hydrogen-bond acceptors (Lipinski definition) is 3. The maximum absolute atomic E-state index is 13.3. The van der Waals surface area contributed by atoms with Crippen molar-refractivity contribution in [3.8, 4) is 11.6 Å². The molecule has 3 nitrogen and oxygen atoms in total. The molecule has 1 N–H and O–H groups in total. The van der Waals surface area contributed by atoms with E-state index in [4.69, 9.17) is 16.3 Å². The molecule has 0 radical (unpaired) electrons. The minimum atomic E-state index is -0.374. The highest BCUT2D eigenvalue weighted by Gasteiger charge is 2.09. The molecule has 0 aliphatic rings. The Morgan fingerprint density at radius 3 is 2.76 bits per heavy atom. The topological polar surface area (TPSA) is 34.2 Å². The molecule has 112 valence electrons. The van der Waals surface area contributed by atoms with Gasteiger partial charge in [-0.15, -0.1) is 0 Å². The number of hydrogen-bond donors (Lipinski definition) is 1. The summed E-state index contributed by atoms with van der Waals surface area (Å²) in [5.74, 6) is 0.676. The first kappa shape index (κ1) is 15.7. The molecule has 0 unspecified atom stereocenters. The lowest BCUT2D eigenvalue weighted by atomic mass is 10.1. The van der Waals surface area contributed by atoms with Crippen LogP contribution in [-0.4, -0.2) is 11.5 Å². The molecular weight excluding hydrogens is 291 g/mol. The van der Waals surface area contributed by atoms with E-state index in [-0.39, 0.29) is 5.82 Å². The first-order valence-electron chi connectivity index (χ1n) is 6.95. The SMILES string of the molecule is CCNCc1cc(F)cnc1Oc1ccc(Cl)c(CC)c1. The summed E-state index contributed by atoms with van der Waals surface area (Å²) in [6, 6.07) is 6.89. The lowest BCUT2D eigenvalue weighted by molar-refractivity contribution is 0.448. The lowest BCUT2D eigenvalue weighted by Gasteiger charge is -2.11. The number of aryl methyl sites for hydroxylation is 1. The van der Waals surface area contributed by atoms with Crippen molar-refractivity contribution in [2.45, 2.75) is 26.8 Å². The van der Waals surface area contributed by atoms with Crippen molar-refractivity contribution in [3.05, 3.63) is 52.4 Å². The van der Waals surface area contributed by atoms with Crippen LogP contribution in [0.5, 0.6) is 11.6 Å². The first-order chi connectivity index (χ1) is 10.1. The minimum Gasteiger partial charge on any atom is -0.439 e. The van der Waals surface area contributed by atoms with Crippen LogP contribution < -0.4 is 10.1 Å². The first-order valence-corrected chi connectivity index (χ1v) is 7.33. The van der Waals surface area contributed by atoms with Crippen LogP contribution in [0.2, 0.25) is 5.02 Å². The fourth-order valence-corrected chi connectivity index (χ4v) is 2.20. The van der Waals surface area contributed by atoms with E-state index in [0.717, 1.165) is 24.7 Å². The fourth-order valence-electron chi connectivity index (χ4n) is 1.94. The Balaban J connectivity index is 2.26. The third-order valence-electron chi connectivity index (χ3n) is 3.07. The van der Waals surface area contributed by atoms with E-state index in [1.54, 1.807) is 12.1 Å². The molecule has 0 aliphatic heterocycles. The van der Waals surface area contributed by atoms with Crippen molar-refractivity contribution in [2.75, 3.05) is 6.54 Å². The predicted molar refractivity (Wildman–Crippen MR) is 82.5 cm³/mol. The Labute approximate surface area is 129 Å².